The number of aliphatic hydroxyl groups is 1. The minimum Gasteiger partial charge on any atom is -0.497 e. The number of nitrogens with one attached hydrogen (secondary N) is 2. The second-order valence-corrected chi connectivity index (χ2v) is 7.62. The molecule has 1 unspecified atom stereocenters. The lowest BCUT2D eigenvalue weighted by molar-refractivity contribution is 0.184. The molecule has 1 atom stereocenters. The van der Waals surface area contributed by atoms with Crippen molar-refractivity contribution in [1.82, 2.24) is 15.5 Å². The highest BCUT2D eigenvalue weighted by atomic mass is 127. The zero-order valence-corrected chi connectivity index (χ0v) is 20.0. The van der Waals surface area contributed by atoms with Crippen molar-refractivity contribution in [2.75, 3.05) is 39.8 Å². The third-order valence-corrected chi connectivity index (χ3v) is 4.82. The molecule has 1 heterocycles. The number of halogens is 1. The number of likely N-dealkylation sites (tertiary alicyclic amines) is 1. The summed E-state index contributed by atoms with van der Waals surface area (Å²) in [5.74, 6) is 2.29. The molecule has 1 aliphatic rings. The average Bonchev–Trinajstić information content (AvgIpc) is 2.67. The highest BCUT2D eigenvalue weighted by molar-refractivity contribution is 14.0. The van der Waals surface area contributed by atoms with Crippen molar-refractivity contribution in [2.45, 2.75) is 45.8 Å². The number of rotatable bonds is 8. The van der Waals surface area contributed by atoms with Crippen molar-refractivity contribution in [1.29, 1.82) is 0 Å². The maximum Gasteiger partial charge on any atom is 0.191 e. The molecule has 1 aromatic rings. The average molecular weight is 504 g/mol. The van der Waals surface area contributed by atoms with E-state index >= 15 is 0 Å². The lowest BCUT2D eigenvalue weighted by Gasteiger charge is -2.34. The Labute approximate surface area is 187 Å². The van der Waals surface area contributed by atoms with Crippen LogP contribution in [0.5, 0.6) is 5.75 Å². The topological polar surface area (TPSA) is 69.1 Å². The van der Waals surface area contributed by atoms with Gasteiger partial charge in [0.1, 0.15) is 5.75 Å². The summed E-state index contributed by atoms with van der Waals surface area (Å²) in [6, 6.07) is 7.91. The molecule has 3 N–H and O–H groups in total. The summed E-state index contributed by atoms with van der Waals surface area (Å²) in [5, 5.41) is 17.2. The number of aliphatic hydroxyl groups excluding tert-OH is 1. The SMILES string of the molecule is CCNC(=NCC(O)c1ccc(OC)cc1)NC1CCN(CC(C)C)CC1.I. The van der Waals surface area contributed by atoms with Crippen LogP contribution in [0, 0.1) is 5.92 Å². The van der Waals surface area contributed by atoms with Crippen molar-refractivity contribution in [3.63, 3.8) is 0 Å². The Balaban J connectivity index is 0.00000392. The van der Waals surface area contributed by atoms with Gasteiger partial charge in [-0.3, -0.25) is 4.99 Å². The molecule has 0 amide bonds. The van der Waals surface area contributed by atoms with E-state index in [2.05, 4.69) is 41.3 Å². The summed E-state index contributed by atoms with van der Waals surface area (Å²) in [6.45, 7) is 11.2. The Hall–Kier alpha value is -1.06. The molecule has 28 heavy (non-hydrogen) atoms. The molecule has 0 aliphatic carbocycles. The van der Waals surface area contributed by atoms with Gasteiger partial charge in [-0.2, -0.15) is 0 Å². The number of methoxy groups -OCH3 is 1. The molecule has 0 radical (unpaired) electrons. The Morgan fingerprint density at radius 3 is 2.43 bits per heavy atom. The highest BCUT2D eigenvalue weighted by Crippen LogP contribution is 2.18. The Morgan fingerprint density at radius 2 is 1.89 bits per heavy atom. The van der Waals surface area contributed by atoms with Crippen LogP contribution in [0.2, 0.25) is 0 Å². The summed E-state index contributed by atoms with van der Waals surface area (Å²) in [4.78, 5) is 7.14. The van der Waals surface area contributed by atoms with Crippen LogP contribution in [-0.2, 0) is 0 Å². The molecule has 1 aromatic carbocycles. The van der Waals surface area contributed by atoms with Gasteiger partial charge < -0.3 is 25.4 Å². The fourth-order valence-electron chi connectivity index (χ4n) is 3.40. The van der Waals surface area contributed by atoms with Crippen LogP contribution in [0.15, 0.2) is 29.3 Å². The van der Waals surface area contributed by atoms with Crippen LogP contribution in [0.3, 0.4) is 0 Å². The molecular weight excluding hydrogens is 467 g/mol. The number of hydrogen-bond acceptors (Lipinski definition) is 4. The van der Waals surface area contributed by atoms with E-state index in [-0.39, 0.29) is 24.0 Å². The molecule has 1 aliphatic heterocycles. The number of hydrogen-bond donors (Lipinski definition) is 3. The standard InChI is InChI=1S/C21H36N4O2.HI/c1-5-22-21(24-18-10-12-25(13-11-18)15-16(2)3)23-14-20(26)17-6-8-19(27-4)9-7-17;/h6-9,16,18,20,26H,5,10-15H2,1-4H3,(H2,22,23,24);1H. The van der Waals surface area contributed by atoms with E-state index in [1.807, 2.05) is 24.3 Å². The molecule has 7 heteroatoms. The lowest BCUT2D eigenvalue weighted by Crippen LogP contribution is -2.49. The summed E-state index contributed by atoms with van der Waals surface area (Å²) < 4.78 is 5.16. The van der Waals surface area contributed by atoms with E-state index in [1.165, 1.54) is 6.54 Å². The van der Waals surface area contributed by atoms with Crippen LogP contribution in [0.1, 0.15) is 45.3 Å². The summed E-state index contributed by atoms with van der Waals surface area (Å²) in [5.41, 5.74) is 0.845. The van der Waals surface area contributed by atoms with Gasteiger partial charge in [0.25, 0.3) is 0 Å². The molecule has 0 saturated carbocycles. The van der Waals surface area contributed by atoms with Crippen molar-refractivity contribution in [2.24, 2.45) is 10.9 Å². The fraction of sp³-hybridized carbons (Fsp3) is 0.667. The number of ether oxygens (including phenoxy) is 1. The Kier molecular flexibility index (Phi) is 11.8. The number of nitrogens with zero attached hydrogens (tertiary/aromatic N) is 2. The van der Waals surface area contributed by atoms with Crippen LogP contribution in [-0.4, -0.2) is 61.8 Å². The second kappa shape index (κ2) is 13.2. The monoisotopic (exact) mass is 504 g/mol. The molecule has 0 aromatic heterocycles. The largest absolute Gasteiger partial charge is 0.497 e. The molecule has 1 fully saturated rings. The third-order valence-electron chi connectivity index (χ3n) is 4.82. The Morgan fingerprint density at radius 1 is 1.25 bits per heavy atom. The summed E-state index contributed by atoms with van der Waals surface area (Å²) >= 11 is 0. The van der Waals surface area contributed by atoms with Gasteiger partial charge in [0.2, 0.25) is 0 Å². The van der Waals surface area contributed by atoms with Crippen LogP contribution < -0.4 is 15.4 Å². The maximum absolute atomic E-state index is 10.4. The maximum atomic E-state index is 10.4. The smallest absolute Gasteiger partial charge is 0.191 e. The van der Waals surface area contributed by atoms with Gasteiger partial charge in [-0.1, -0.05) is 26.0 Å². The van der Waals surface area contributed by atoms with Crippen LogP contribution >= 0.6 is 24.0 Å². The van der Waals surface area contributed by atoms with Crippen molar-refractivity contribution >= 4 is 29.9 Å². The second-order valence-electron chi connectivity index (χ2n) is 7.62. The first kappa shape index (κ1) is 25.0. The molecular formula is C21H37IN4O2. The fourth-order valence-corrected chi connectivity index (χ4v) is 3.40. The zero-order valence-electron chi connectivity index (χ0n) is 17.6. The zero-order chi connectivity index (χ0) is 19.6. The van der Waals surface area contributed by atoms with E-state index in [4.69, 9.17) is 4.74 Å². The molecule has 0 bridgehead atoms. The summed E-state index contributed by atoms with van der Waals surface area (Å²) in [7, 11) is 1.64. The van der Waals surface area contributed by atoms with Crippen LogP contribution in [0.25, 0.3) is 0 Å². The number of aliphatic imine (C=N–C) groups is 1. The number of benzene rings is 1. The predicted octanol–water partition coefficient (Wildman–Crippen LogP) is 3.02. The predicted molar refractivity (Wildman–Crippen MR) is 127 cm³/mol. The Bertz CT molecular complexity index is 572. The number of guanidine groups is 1. The van der Waals surface area contributed by atoms with Gasteiger partial charge in [-0.25, -0.2) is 0 Å². The molecule has 6 nitrogen and oxygen atoms in total. The van der Waals surface area contributed by atoms with E-state index in [0.717, 1.165) is 49.7 Å². The third kappa shape index (κ3) is 8.53. The molecule has 2 rings (SSSR count). The lowest BCUT2D eigenvalue weighted by atomic mass is 10.0. The first-order valence-electron chi connectivity index (χ1n) is 10.1. The number of piperidine rings is 1. The van der Waals surface area contributed by atoms with Crippen molar-refractivity contribution in [3.8, 4) is 5.75 Å². The van der Waals surface area contributed by atoms with Gasteiger partial charge in [-0.05, 0) is 43.4 Å². The van der Waals surface area contributed by atoms with E-state index in [1.54, 1.807) is 7.11 Å². The van der Waals surface area contributed by atoms with Gasteiger partial charge in [-0.15, -0.1) is 24.0 Å². The normalized spacial score (nSPS) is 17.1. The molecule has 1 saturated heterocycles. The van der Waals surface area contributed by atoms with Crippen molar-refractivity contribution < 1.29 is 9.84 Å². The molecule has 160 valence electrons. The van der Waals surface area contributed by atoms with Crippen LogP contribution in [0.4, 0.5) is 0 Å². The minimum atomic E-state index is -0.626. The van der Waals surface area contributed by atoms with E-state index < -0.39 is 6.10 Å². The van der Waals surface area contributed by atoms with Gasteiger partial charge in [0, 0.05) is 32.2 Å². The first-order valence-corrected chi connectivity index (χ1v) is 10.1. The quantitative estimate of drug-likeness (QED) is 0.289. The van der Waals surface area contributed by atoms with Gasteiger partial charge in [0.05, 0.1) is 19.8 Å². The molecule has 0 spiro atoms. The van der Waals surface area contributed by atoms with Gasteiger partial charge in [0.15, 0.2) is 5.96 Å². The van der Waals surface area contributed by atoms with Gasteiger partial charge >= 0.3 is 0 Å². The van der Waals surface area contributed by atoms with E-state index in [9.17, 15) is 5.11 Å². The minimum absolute atomic E-state index is 0. The van der Waals surface area contributed by atoms with E-state index in [0.29, 0.717) is 18.5 Å². The first-order chi connectivity index (χ1) is 13.0. The highest BCUT2D eigenvalue weighted by Gasteiger charge is 2.20. The summed E-state index contributed by atoms with van der Waals surface area (Å²) in [6.07, 6.45) is 1.62. The van der Waals surface area contributed by atoms with Crippen molar-refractivity contribution in [3.05, 3.63) is 29.8 Å².